The standard InChI is InChI=1S/C12H15BrO4S/c1-2-18(16,17)7-6-11(12(14)15)9-4-3-5-10(13)8-9/h3-5,8,11H,2,6-7H2,1H3,(H,14,15). The molecule has 4 nitrogen and oxygen atoms in total. The number of hydrogen-bond acceptors (Lipinski definition) is 3. The fourth-order valence-electron chi connectivity index (χ4n) is 1.60. The molecule has 100 valence electrons. The van der Waals surface area contributed by atoms with Crippen LogP contribution in [0.3, 0.4) is 0 Å². The van der Waals surface area contributed by atoms with Crippen molar-refractivity contribution in [2.45, 2.75) is 19.3 Å². The monoisotopic (exact) mass is 334 g/mol. The zero-order valence-corrected chi connectivity index (χ0v) is 12.4. The Balaban J connectivity index is 2.88. The molecule has 1 aromatic carbocycles. The highest BCUT2D eigenvalue weighted by molar-refractivity contribution is 9.10. The second-order valence-electron chi connectivity index (χ2n) is 3.97. The zero-order chi connectivity index (χ0) is 13.8. The minimum absolute atomic E-state index is 0.0395. The number of rotatable bonds is 6. The predicted molar refractivity (Wildman–Crippen MR) is 73.5 cm³/mol. The predicted octanol–water partition coefficient (Wildman–Crippen LogP) is 2.44. The van der Waals surface area contributed by atoms with E-state index in [4.69, 9.17) is 0 Å². The molecule has 0 spiro atoms. The SMILES string of the molecule is CCS(=O)(=O)CCC(C(=O)O)c1cccc(Br)c1. The molecule has 0 amide bonds. The first-order valence-corrected chi connectivity index (χ1v) is 8.16. The summed E-state index contributed by atoms with van der Waals surface area (Å²) in [5.74, 6) is -1.85. The van der Waals surface area contributed by atoms with Gasteiger partial charge in [0.25, 0.3) is 0 Å². The van der Waals surface area contributed by atoms with Crippen molar-refractivity contribution in [1.29, 1.82) is 0 Å². The normalized spacial score (nSPS) is 13.2. The van der Waals surface area contributed by atoms with Crippen LogP contribution in [-0.4, -0.2) is 31.0 Å². The van der Waals surface area contributed by atoms with Crippen LogP contribution in [0.5, 0.6) is 0 Å². The van der Waals surface area contributed by atoms with Gasteiger partial charge in [0.15, 0.2) is 0 Å². The molecule has 0 aliphatic carbocycles. The van der Waals surface area contributed by atoms with E-state index in [2.05, 4.69) is 15.9 Å². The van der Waals surface area contributed by atoms with E-state index in [-0.39, 0.29) is 17.9 Å². The number of sulfone groups is 1. The van der Waals surface area contributed by atoms with Crippen molar-refractivity contribution in [2.75, 3.05) is 11.5 Å². The maximum Gasteiger partial charge on any atom is 0.311 e. The molecule has 0 aliphatic heterocycles. The van der Waals surface area contributed by atoms with Crippen molar-refractivity contribution in [3.8, 4) is 0 Å². The summed E-state index contributed by atoms with van der Waals surface area (Å²) in [6.07, 6.45) is 0.0992. The van der Waals surface area contributed by atoms with Gasteiger partial charge in [0.1, 0.15) is 9.84 Å². The van der Waals surface area contributed by atoms with Gasteiger partial charge < -0.3 is 5.11 Å². The van der Waals surface area contributed by atoms with Crippen LogP contribution in [-0.2, 0) is 14.6 Å². The van der Waals surface area contributed by atoms with Crippen LogP contribution in [0.15, 0.2) is 28.7 Å². The molecular formula is C12H15BrO4S. The van der Waals surface area contributed by atoms with E-state index in [9.17, 15) is 18.3 Å². The molecule has 1 N–H and O–H groups in total. The first kappa shape index (κ1) is 15.2. The van der Waals surface area contributed by atoms with Crippen molar-refractivity contribution >= 4 is 31.7 Å². The Hall–Kier alpha value is -0.880. The van der Waals surface area contributed by atoms with Crippen LogP contribution in [0.4, 0.5) is 0 Å². The minimum Gasteiger partial charge on any atom is -0.481 e. The van der Waals surface area contributed by atoms with E-state index in [0.717, 1.165) is 4.47 Å². The van der Waals surface area contributed by atoms with Gasteiger partial charge in [0.05, 0.1) is 11.7 Å². The number of aliphatic carboxylic acids is 1. The van der Waals surface area contributed by atoms with Gasteiger partial charge >= 0.3 is 5.97 Å². The summed E-state index contributed by atoms with van der Waals surface area (Å²) in [6, 6.07) is 6.94. The Morgan fingerprint density at radius 1 is 1.44 bits per heavy atom. The fraction of sp³-hybridized carbons (Fsp3) is 0.417. The maximum atomic E-state index is 11.4. The molecule has 0 bridgehead atoms. The molecule has 1 rings (SSSR count). The number of carboxylic acid groups (broad SMARTS) is 1. The second-order valence-corrected chi connectivity index (χ2v) is 7.36. The zero-order valence-electron chi connectivity index (χ0n) is 9.97. The van der Waals surface area contributed by atoms with Gasteiger partial charge in [-0.05, 0) is 24.1 Å². The summed E-state index contributed by atoms with van der Waals surface area (Å²) in [5, 5.41) is 9.18. The van der Waals surface area contributed by atoms with E-state index >= 15 is 0 Å². The lowest BCUT2D eigenvalue weighted by Gasteiger charge is -2.12. The second kappa shape index (κ2) is 6.33. The fourth-order valence-corrected chi connectivity index (χ4v) is 2.90. The number of halogens is 1. The van der Waals surface area contributed by atoms with Crippen LogP contribution in [0.2, 0.25) is 0 Å². The molecule has 0 aromatic heterocycles. The number of hydrogen-bond donors (Lipinski definition) is 1. The van der Waals surface area contributed by atoms with E-state index in [0.29, 0.717) is 5.56 Å². The Labute approximate surface area is 115 Å². The lowest BCUT2D eigenvalue weighted by molar-refractivity contribution is -0.138. The lowest BCUT2D eigenvalue weighted by Crippen LogP contribution is -2.17. The van der Waals surface area contributed by atoms with Gasteiger partial charge in [-0.3, -0.25) is 4.79 Å². The van der Waals surface area contributed by atoms with E-state index in [1.807, 2.05) is 0 Å². The topological polar surface area (TPSA) is 71.4 Å². The molecule has 0 aliphatic rings. The van der Waals surface area contributed by atoms with E-state index < -0.39 is 21.7 Å². The van der Waals surface area contributed by atoms with Crippen LogP contribution >= 0.6 is 15.9 Å². The van der Waals surface area contributed by atoms with E-state index in [1.165, 1.54) is 0 Å². The van der Waals surface area contributed by atoms with Crippen molar-refractivity contribution in [1.82, 2.24) is 0 Å². The maximum absolute atomic E-state index is 11.4. The molecule has 1 atom stereocenters. The number of carboxylic acids is 1. The molecule has 0 heterocycles. The summed E-state index contributed by atoms with van der Waals surface area (Å²) in [7, 11) is -3.14. The number of carbonyl (C=O) groups is 1. The third kappa shape index (κ3) is 4.42. The summed E-state index contributed by atoms with van der Waals surface area (Å²) in [6.45, 7) is 1.56. The lowest BCUT2D eigenvalue weighted by atomic mass is 9.97. The molecule has 1 unspecified atom stereocenters. The highest BCUT2D eigenvalue weighted by atomic mass is 79.9. The average molecular weight is 335 g/mol. The van der Waals surface area contributed by atoms with Crippen LogP contribution < -0.4 is 0 Å². The Morgan fingerprint density at radius 3 is 2.61 bits per heavy atom. The summed E-state index contributed by atoms with van der Waals surface area (Å²) in [5.41, 5.74) is 0.614. The molecule has 0 radical (unpaired) electrons. The van der Waals surface area contributed by atoms with Crippen LogP contribution in [0.1, 0.15) is 24.8 Å². The van der Waals surface area contributed by atoms with Crippen molar-refractivity contribution in [3.05, 3.63) is 34.3 Å². The molecule has 0 fully saturated rings. The van der Waals surface area contributed by atoms with Crippen molar-refractivity contribution < 1.29 is 18.3 Å². The van der Waals surface area contributed by atoms with Gasteiger partial charge in [-0.2, -0.15) is 0 Å². The molecule has 0 saturated carbocycles. The molecule has 6 heteroatoms. The van der Waals surface area contributed by atoms with E-state index in [1.54, 1.807) is 31.2 Å². The summed E-state index contributed by atoms with van der Waals surface area (Å²) >= 11 is 3.27. The minimum atomic E-state index is -3.14. The van der Waals surface area contributed by atoms with Gasteiger partial charge in [0.2, 0.25) is 0 Å². The summed E-state index contributed by atoms with van der Waals surface area (Å²) < 4.78 is 23.6. The molecule has 0 saturated heterocycles. The molecular weight excluding hydrogens is 320 g/mol. The highest BCUT2D eigenvalue weighted by Gasteiger charge is 2.22. The van der Waals surface area contributed by atoms with Crippen molar-refractivity contribution in [2.24, 2.45) is 0 Å². The molecule has 1 aromatic rings. The van der Waals surface area contributed by atoms with Crippen LogP contribution in [0, 0.1) is 0 Å². The smallest absolute Gasteiger partial charge is 0.311 e. The molecule has 18 heavy (non-hydrogen) atoms. The van der Waals surface area contributed by atoms with Gasteiger partial charge in [0, 0.05) is 10.2 Å². The van der Waals surface area contributed by atoms with Gasteiger partial charge in [-0.25, -0.2) is 8.42 Å². The van der Waals surface area contributed by atoms with Crippen molar-refractivity contribution in [3.63, 3.8) is 0 Å². The third-order valence-corrected chi connectivity index (χ3v) is 4.94. The highest BCUT2D eigenvalue weighted by Crippen LogP contribution is 2.24. The largest absolute Gasteiger partial charge is 0.481 e. The Morgan fingerprint density at radius 2 is 2.11 bits per heavy atom. The van der Waals surface area contributed by atoms with Gasteiger partial charge in [-0.1, -0.05) is 35.0 Å². The average Bonchev–Trinajstić information content (AvgIpc) is 2.29. The number of benzene rings is 1. The third-order valence-electron chi connectivity index (χ3n) is 2.71. The summed E-state index contributed by atoms with van der Waals surface area (Å²) in [4.78, 5) is 11.2. The first-order valence-electron chi connectivity index (χ1n) is 5.54. The Kier molecular flexibility index (Phi) is 5.34. The quantitative estimate of drug-likeness (QED) is 0.867. The Bertz CT molecular complexity index is 525. The van der Waals surface area contributed by atoms with Gasteiger partial charge in [-0.15, -0.1) is 0 Å². The van der Waals surface area contributed by atoms with Crippen LogP contribution in [0.25, 0.3) is 0 Å². The first-order chi connectivity index (χ1) is 8.35.